The lowest BCUT2D eigenvalue weighted by molar-refractivity contribution is -0.307. The predicted octanol–water partition coefficient (Wildman–Crippen LogP) is 2.80. The molecule has 2 aromatic rings. The molecule has 0 unspecified atom stereocenters. The van der Waals surface area contributed by atoms with Crippen molar-refractivity contribution in [1.29, 1.82) is 0 Å². The molecule has 1 heterocycles. The number of carbonyl (C=O) groups excluding carboxylic acids is 2. The Balaban J connectivity index is 1.93. The molecule has 1 aliphatic heterocycles. The van der Waals surface area contributed by atoms with Gasteiger partial charge < -0.3 is 19.4 Å². The minimum Gasteiger partial charge on any atom is -0.546 e. The van der Waals surface area contributed by atoms with Crippen molar-refractivity contribution in [1.82, 2.24) is 0 Å². The van der Waals surface area contributed by atoms with Crippen molar-refractivity contribution < 1.29 is 24.2 Å². The fraction of sp³-hybridized carbons (Fsp3) is 0.261. The van der Waals surface area contributed by atoms with Crippen LogP contribution in [0.25, 0.3) is 6.08 Å². The fourth-order valence-corrected chi connectivity index (χ4v) is 3.07. The average Bonchev–Trinajstić information content (AvgIpc) is 3.04. The predicted molar refractivity (Wildman–Crippen MR) is 112 cm³/mol. The maximum absolute atomic E-state index is 13.1. The van der Waals surface area contributed by atoms with Crippen LogP contribution in [0.5, 0.6) is 11.5 Å². The van der Waals surface area contributed by atoms with Crippen molar-refractivity contribution >= 4 is 29.4 Å². The summed E-state index contributed by atoms with van der Waals surface area (Å²) in [5, 5.41) is 16.6. The molecule has 30 heavy (non-hydrogen) atoms. The first-order chi connectivity index (χ1) is 14.5. The lowest BCUT2D eigenvalue weighted by Crippen LogP contribution is -2.29. The average molecular weight is 407 g/mol. The smallest absolute Gasteiger partial charge is 0.280 e. The van der Waals surface area contributed by atoms with Gasteiger partial charge in [0.25, 0.3) is 5.91 Å². The number of hydrogen-bond acceptors (Lipinski definition) is 6. The van der Waals surface area contributed by atoms with Crippen LogP contribution < -0.4 is 19.6 Å². The highest BCUT2D eigenvalue weighted by atomic mass is 16.5. The van der Waals surface area contributed by atoms with Crippen molar-refractivity contribution in [2.75, 3.05) is 18.2 Å². The third-order valence-corrected chi connectivity index (χ3v) is 4.37. The van der Waals surface area contributed by atoms with E-state index in [2.05, 4.69) is 5.10 Å². The molecule has 0 bridgehead atoms. The molecule has 1 amide bonds. The van der Waals surface area contributed by atoms with E-state index in [1.54, 1.807) is 24.3 Å². The largest absolute Gasteiger partial charge is 0.546 e. The zero-order valence-electron chi connectivity index (χ0n) is 17.0. The Morgan fingerprint density at radius 3 is 2.53 bits per heavy atom. The number of carboxylic acid groups (broad SMARTS) is 1. The van der Waals surface area contributed by atoms with Gasteiger partial charge in [-0.15, -0.1) is 0 Å². The number of nitrogens with zero attached hydrogens (tertiary/aromatic N) is 2. The number of benzene rings is 2. The summed E-state index contributed by atoms with van der Waals surface area (Å²) in [5.74, 6) is -0.816. The molecule has 0 saturated heterocycles. The second-order valence-corrected chi connectivity index (χ2v) is 6.61. The zero-order chi connectivity index (χ0) is 21.5. The first kappa shape index (κ1) is 21.1. The van der Waals surface area contributed by atoms with Gasteiger partial charge in [-0.2, -0.15) is 10.1 Å². The maximum Gasteiger partial charge on any atom is 0.280 e. The standard InChI is InChI=1S/C23H24N2O5/c1-3-8-19-18(23(28)25(24-19)17-9-6-5-7-10-17)13-16-11-12-20(30-15-22(26)27)21(14-16)29-4-2/h5-7,9-14H,3-4,8,15H2,1-2H3,(H,26,27)/p-1/b18-13-. The topological polar surface area (TPSA) is 91.3 Å². The van der Waals surface area contributed by atoms with E-state index < -0.39 is 12.6 Å². The summed E-state index contributed by atoms with van der Waals surface area (Å²) < 4.78 is 10.8. The number of carboxylic acids is 1. The van der Waals surface area contributed by atoms with Gasteiger partial charge in [-0.25, -0.2) is 0 Å². The number of ether oxygens (including phenoxy) is 2. The third-order valence-electron chi connectivity index (χ3n) is 4.37. The Morgan fingerprint density at radius 1 is 1.10 bits per heavy atom. The minimum absolute atomic E-state index is 0.195. The van der Waals surface area contributed by atoms with Gasteiger partial charge in [0.2, 0.25) is 0 Å². The molecule has 0 spiro atoms. The molecule has 2 aromatic carbocycles. The van der Waals surface area contributed by atoms with Crippen molar-refractivity contribution in [2.45, 2.75) is 26.7 Å². The molecule has 156 valence electrons. The quantitative estimate of drug-likeness (QED) is 0.596. The first-order valence-corrected chi connectivity index (χ1v) is 9.82. The van der Waals surface area contributed by atoms with E-state index >= 15 is 0 Å². The lowest BCUT2D eigenvalue weighted by Gasteiger charge is -2.13. The van der Waals surface area contributed by atoms with E-state index in [0.717, 1.165) is 17.7 Å². The molecule has 0 atom stereocenters. The maximum atomic E-state index is 13.1. The van der Waals surface area contributed by atoms with Gasteiger partial charge in [-0.3, -0.25) is 4.79 Å². The third kappa shape index (κ3) is 4.86. The molecule has 7 nitrogen and oxygen atoms in total. The minimum atomic E-state index is -1.32. The molecule has 7 heteroatoms. The van der Waals surface area contributed by atoms with E-state index in [-0.39, 0.29) is 5.91 Å². The summed E-state index contributed by atoms with van der Waals surface area (Å²) >= 11 is 0. The summed E-state index contributed by atoms with van der Waals surface area (Å²) in [6.07, 6.45) is 3.29. The van der Waals surface area contributed by atoms with E-state index in [9.17, 15) is 14.7 Å². The van der Waals surface area contributed by atoms with Gasteiger partial charge in [0.1, 0.15) is 6.61 Å². The highest BCUT2D eigenvalue weighted by molar-refractivity contribution is 6.32. The zero-order valence-corrected chi connectivity index (χ0v) is 17.0. The van der Waals surface area contributed by atoms with E-state index in [0.29, 0.717) is 35.8 Å². The first-order valence-electron chi connectivity index (χ1n) is 9.82. The van der Waals surface area contributed by atoms with Crippen LogP contribution >= 0.6 is 0 Å². The number of aliphatic carboxylic acids is 1. The molecule has 0 aromatic heterocycles. The molecular weight excluding hydrogens is 384 g/mol. The van der Waals surface area contributed by atoms with Crippen LogP contribution in [-0.4, -0.2) is 30.8 Å². The van der Waals surface area contributed by atoms with Crippen LogP contribution in [0.4, 0.5) is 5.69 Å². The summed E-state index contributed by atoms with van der Waals surface area (Å²) in [7, 11) is 0. The Hall–Kier alpha value is -3.61. The Kier molecular flexibility index (Phi) is 6.85. The Labute approximate surface area is 175 Å². The van der Waals surface area contributed by atoms with Crippen LogP contribution in [0.2, 0.25) is 0 Å². The van der Waals surface area contributed by atoms with E-state index in [1.165, 1.54) is 5.01 Å². The van der Waals surface area contributed by atoms with Crippen molar-refractivity contribution in [3.63, 3.8) is 0 Å². The van der Waals surface area contributed by atoms with E-state index in [1.807, 2.05) is 44.2 Å². The van der Waals surface area contributed by atoms with Crippen LogP contribution in [0.1, 0.15) is 32.3 Å². The molecule has 0 N–H and O–H groups in total. The van der Waals surface area contributed by atoms with Crippen LogP contribution in [0.3, 0.4) is 0 Å². The van der Waals surface area contributed by atoms with Gasteiger partial charge in [-0.1, -0.05) is 37.6 Å². The van der Waals surface area contributed by atoms with Crippen molar-refractivity contribution in [2.24, 2.45) is 5.10 Å². The highest BCUT2D eigenvalue weighted by Gasteiger charge is 2.30. The number of para-hydroxylation sites is 1. The van der Waals surface area contributed by atoms with Gasteiger partial charge in [-0.05, 0) is 49.2 Å². The number of rotatable bonds is 9. The number of amides is 1. The molecular formula is C23H23N2O5-. The molecule has 0 aliphatic carbocycles. The molecule has 0 fully saturated rings. The second-order valence-electron chi connectivity index (χ2n) is 6.61. The van der Waals surface area contributed by atoms with Crippen molar-refractivity contribution in [3.8, 4) is 11.5 Å². The van der Waals surface area contributed by atoms with Crippen molar-refractivity contribution in [3.05, 3.63) is 59.7 Å². The number of hydrazone groups is 1. The normalized spacial score (nSPS) is 14.7. The van der Waals surface area contributed by atoms with Crippen LogP contribution in [-0.2, 0) is 9.59 Å². The number of anilines is 1. The molecule has 0 saturated carbocycles. The molecule has 1 aliphatic rings. The van der Waals surface area contributed by atoms with Gasteiger partial charge >= 0.3 is 0 Å². The summed E-state index contributed by atoms with van der Waals surface area (Å²) in [4.78, 5) is 23.7. The molecule has 3 rings (SSSR count). The van der Waals surface area contributed by atoms with E-state index in [4.69, 9.17) is 9.47 Å². The Bertz CT molecular complexity index is 982. The van der Waals surface area contributed by atoms with Gasteiger partial charge in [0.15, 0.2) is 11.5 Å². The summed E-state index contributed by atoms with van der Waals surface area (Å²) in [6, 6.07) is 14.3. The second kappa shape index (κ2) is 9.73. The molecule has 0 radical (unpaired) electrons. The SMILES string of the molecule is CCCC1=NN(c2ccccc2)C(=O)/C1=C\c1ccc(OCC(=O)[O-])c(OCC)c1. The summed E-state index contributed by atoms with van der Waals surface area (Å²) in [5.41, 5.74) is 2.68. The Morgan fingerprint density at radius 2 is 1.87 bits per heavy atom. The van der Waals surface area contributed by atoms with Gasteiger partial charge in [0.05, 0.1) is 29.5 Å². The lowest BCUT2D eigenvalue weighted by atomic mass is 10.0. The number of carbonyl (C=O) groups is 2. The van der Waals surface area contributed by atoms with Crippen LogP contribution in [0, 0.1) is 0 Å². The highest BCUT2D eigenvalue weighted by Crippen LogP contribution is 2.31. The summed E-state index contributed by atoms with van der Waals surface area (Å²) in [6.45, 7) is 3.66. The van der Waals surface area contributed by atoms with Gasteiger partial charge in [0, 0.05) is 0 Å². The van der Waals surface area contributed by atoms with Crippen LogP contribution in [0.15, 0.2) is 59.2 Å². The monoisotopic (exact) mass is 407 g/mol. The number of hydrogen-bond donors (Lipinski definition) is 0. The fourth-order valence-electron chi connectivity index (χ4n) is 3.07.